The van der Waals surface area contributed by atoms with Crippen LogP contribution in [0.1, 0.15) is 26.5 Å². The molecule has 0 spiro atoms. The Morgan fingerprint density at radius 2 is 2.40 bits per heavy atom. The molecule has 15 heavy (non-hydrogen) atoms. The summed E-state index contributed by atoms with van der Waals surface area (Å²) in [4.78, 5) is 12.9. The first-order valence-corrected chi connectivity index (χ1v) is 5.43. The number of rotatable bonds is 2. The number of aliphatic hydroxyl groups excluding tert-OH is 1. The van der Waals surface area contributed by atoms with E-state index in [4.69, 9.17) is 5.11 Å². The predicted molar refractivity (Wildman–Crippen MR) is 61.0 cm³/mol. The number of carbonyl (C=O) groups is 1. The number of hydrogen-bond acceptors (Lipinski definition) is 3. The SMILES string of the molecule is CNC(=O)c1cc(C)c(C#CCCO)s1. The second-order valence-electron chi connectivity index (χ2n) is 2.98. The molecule has 0 saturated heterocycles. The molecule has 0 aromatic carbocycles. The molecule has 1 aromatic rings. The van der Waals surface area contributed by atoms with Gasteiger partial charge in [-0.1, -0.05) is 11.8 Å². The van der Waals surface area contributed by atoms with Crippen LogP contribution in [-0.2, 0) is 0 Å². The smallest absolute Gasteiger partial charge is 0.261 e. The first-order valence-electron chi connectivity index (χ1n) is 4.61. The van der Waals surface area contributed by atoms with E-state index in [9.17, 15) is 4.79 Å². The van der Waals surface area contributed by atoms with Gasteiger partial charge >= 0.3 is 0 Å². The minimum Gasteiger partial charge on any atom is -0.395 e. The lowest BCUT2D eigenvalue weighted by molar-refractivity contribution is 0.0967. The van der Waals surface area contributed by atoms with Crippen LogP contribution in [-0.4, -0.2) is 24.7 Å². The van der Waals surface area contributed by atoms with Crippen molar-refractivity contribution in [3.05, 3.63) is 21.4 Å². The average Bonchev–Trinajstić information content (AvgIpc) is 2.60. The third-order valence-corrected chi connectivity index (χ3v) is 2.96. The zero-order valence-corrected chi connectivity index (χ0v) is 9.57. The van der Waals surface area contributed by atoms with Gasteiger partial charge in [0.15, 0.2) is 0 Å². The van der Waals surface area contributed by atoms with E-state index in [1.807, 2.05) is 13.0 Å². The molecule has 4 heteroatoms. The van der Waals surface area contributed by atoms with Crippen molar-refractivity contribution in [2.75, 3.05) is 13.7 Å². The Morgan fingerprint density at radius 3 is 3.00 bits per heavy atom. The van der Waals surface area contributed by atoms with Crippen molar-refractivity contribution in [3.8, 4) is 11.8 Å². The molecule has 0 aliphatic carbocycles. The van der Waals surface area contributed by atoms with Gasteiger partial charge in [0, 0.05) is 13.5 Å². The number of amides is 1. The van der Waals surface area contributed by atoms with Crippen LogP contribution in [0.2, 0.25) is 0 Å². The molecule has 80 valence electrons. The van der Waals surface area contributed by atoms with Gasteiger partial charge in [0.2, 0.25) is 0 Å². The van der Waals surface area contributed by atoms with Crippen LogP contribution in [0.5, 0.6) is 0 Å². The summed E-state index contributed by atoms with van der Waals surface area (Å²) in [5.74, 6) is 5.70. The lowest BCUT2D eigenvalue weighted by Crippen LogP contribution is -2.16. The summed E-state index contributed by atoms with van der Waals surface area (Å²) in [6.45, 7) is 1.99. The van der Waals surface area contributed by atoms with E-state index in [0.717, 1.165) is 10.4 Å². The number of aryl methyl sites for hydroxylation is 1. The standard InChI is InChI=1S/C11H13NO2S/c1-8-7-10(11(14)12-2)15-9(8)5-3-4-6-13/h7,13H,4,6H2,1-2H3,(H,12,14). The van der Waals surface area contributed by atoms with Crippen molar-refractivity contribution >= 4 is 17.2 Å². The number of thiophene rings is 1. The highest BCUT2D eigenvalue weighted by Crippen LogP contribution is 2.20. The van der Waals surface area contributed by atoms with E-state index in [-0.39, 0.29) is 12.5 Å². The minimum atomic E-state index is -0.0849. The maximum atomic E-state index is 11.3. The van der Waals surface area contributed by atoms with Gasteiger partial charge in [0.25, 0.3) is 5.91 Å². The lowest BCUT2D eigenvalue weighted by atomic mass is 10.2. The molecule has 1 amide bonds. The molecule has 1 rings (SSSR count). The van der Waals surface area contributed by atoms with Crippen LogP contribution < -0.4 is 5.32 Å². The Hall–Kier alpha value is -1.31. The summed E-state index contributed by atoms with van der Waals surface area (Å²) >= 11 is 1.38. The van der Waals surface area contributed by atoms with Crippen molar-refractivity contribution < 1.29 is 9.90 Å². The van der Waals surface area contributed by atoms with Gasteiger partial charge in [-0.25, -0.2) is 0 Å². The molecule has 0 bridgehead atoms. The summed E-state index contributed by atoms with van der Waals surface area (Å²) in [6.07, 6.45) is 0.465. The molecule has 0 unspecified atom stereocenters. The maximum Gasteiger partial charge on any atom is 0.261 e. The van der Waals surface area contributed by atoms with Crippen LogP contribution in [0, 0.1) is 18.8 Å². The summed E-state index contributed by atoms with van der Waals surface area (Å²) in [5, 5.41) is 11.2. The number of carbonyl (C=O) groups excluding carboxylic acids is 1. The molecule has 0 aliphatic rings. The molecule has 1 aromatic heterocycles. The normalized spacial score (nSPS) is 9.27. The van der Waals surface area contributed by atoms with Crippen LogP contribution in [0.15, 0.2) is 6.07 Å². The second-order valence-corrected chi connectivity index (χ2v) is 4.03. The minimum absolute atomic E-state index is 0.0692. The average molecular weight is 223 g/mol. The van der Waals surface area contributed by atoms with Gasteiger partial charge < -0.3 is 10.4 Å². The van der Waals surface area contributed by atoms with Crippen molar-refractivity contribution in [2.24, 2.45) is 0 Å². The highest BCUT2D eigenvalue weighted by atomic mass is 32.1. The van der Waals surface area contributed by atoms with E-state index in [2.05, 4.69) is 17.2 Å². The summed E-state index contributed by atoms with van der Waals surface area (Å²) in [5.41, 5.74) is 1.00. The first-order chi connectivity index (χ1) is 7.19. The zero-order valence-electron chi connectivity index (χ0n) is 8.76. The molecule has 0 saturated carbocycles. The van der Waals surface area contributed by atoms with Gasteiger partial charge in [-0.2, -0.15) is 0 Å². The fourth-order valence-corrected chi connectivity index (χ4v) is 2.03. The molecule has 0 aliphatic heterocycles. The number of aliphatic hydroxyl groups is 1. The molecule has 2 N–H and O–H groups in total. The highest BCUT2D eigenvalue weighted by Gasteiger charge is 2.09. The van der Waals surface area contributed by atoms with E-state index >= 15 is 0 Å². The Bertz CT molecular complexity index is 412. The molecule has 1 heterocycles. The molecular weight excluding hydrogens is 210 g/mol. The molecule has 0 radical (unpaired) electrons. The Morgan fingerprint density at radius 1 is 1.67 bits per heavy atom. The molecular formula is C11H13NO2S. The Kier molecular flexibility index (Phi) is 4.35. The summed E-state index contributed by atoms with van der Waals surface area (Å²) in [7, 11) is 1.61. The third kappa shape index (κ3) is 3.08. The first kappa shape index (κ1) is 11.8. The molecule has 0 fully saturated rings. The van der Waals surface area contributed by atoms with Crippen molar-refractivity contribution in [3.63, 3.8) is 0 Å². The van der Waals surface area contributed by atoms with Crippen LogP contribution in [0.4, 0.5) is 0 Å². The topological polar surface area (TPSA) is 49.3 Å². The lowest BCUT2D eigenvalue weighted by Gasteiger charge is -1.91. The third-order valence-electron chi connectivity index (χ3n) is 1.81. The van der Waals surface area contributed by atoms with Crippen LogP contribution >= 0.6 is 11.3 Å². The van der Waals surface area contributed by atoms with Gasteiger partial charge in [-0.05, 0) is 18.6 Å². The second kappa shape index (κ2) is 5.54. The van der Waals surface area contributed by atoms with E-state index in [1.54, 1.807) is 7.05 Å². The van der Waals surface area contributed by atoms with Gasteiger partial charge in [-0.3, -0.25) is 4.79 Å². The van der Waals surface area contributed by atoms with Crippen LogP contribution in [0.25, 0.3) is 0 Å². The number of hydrogen-bond donors (Lipinski definition) is 2. The summed E-state index contributed by atoms with van der Waals surface area (Å²) in [6, 6.07) is 1.83. The van der Waals surface area contributed by atoms with Crippen molar-refractivity contribution in [2.45, 2.75) is 13.3 Å². The monoisotopic (exact) mass is 223 g/mol. The molecule has 0 atom stereocenters. The van der Waals surface area contributed by atoms with Gasteiger partial charge in [0.1, 0.15) is 0 Å². The predicted octanol–water partition coefficient (Wildman–Crippen LogP) is 1.15. The quantitative estimate of drug-likeness (QED) is 0.739. The maximum absolute atomic E-state index is 11.3. The van der Waals surface area contributed by atoms with E-state index < -0.39 is 0 Å². The van der Waals surface area contributed by atoms with E-state index in [1.165, 1.54) is 11.3 Å². The van der Waals surface area contributed by atoms with Crippen molar-refractivity contribution in [1.29, 1.82) is 0 Å². The fraction of sp³-hybridized carbons (Fsp3) is 0.364. The summed E-state index contributed by atoms with van der Waals surface area (Å²) < 4.78 is 0. The van der Waals surface area contributed by atoms with Crippen molar-refractivity contribution in [1.82, 2.24) is 5.32 Å². The van der Waals surface area contributed by atoms with Crippen LogP contribution in [0.3, 0.4) is 0 Å². The highest BCUT2D eigenvalue weighted by molar-refractivity contribution is 7.14. The van der Waals surface area contributed by atoms with Gasteiger partial charge in [-0.15, -0.1) is 11.3 Å². The molecule has 3 nitrogen and oxygen atoms in total. The largest absolute Gasteiger partial charge is 0.395 e. The zero-order chi connectivity index (χ0) is 11.3. The Labute approximate surface area is 93.1 Å². The van der Waals surface area contributed by atoms with E-state index in [0.29, 0.717) is 11.3 Å². The number of nitrogens with one attached hydrogen (secondary N) is 1. The van der Waals surface area contributed by atoms with Gasteiger partial charge in [0.05, 0.1) is 16.4 Å². The fourth-order valence-electron chi connectivity index (χ4n) is 1.04. The Balaban J connectivity index is 2.88.